The molecule has 4 aromatic rings. The van der Waals surface area contributed by atoms with Crippen molar-refractivity contribution in [3.63, 3.8) is 0 Å². The number of benzene rings is 2. The van der Waals surface area contributed by atoms with E-state index >= 15 is 0 Å². The summed E-state index contributed by atoms with van der Waals surface area (Å²) in [5, 5.41) is 9.20. The van der Waals surface area contributed by atoms with E-state index in [1.165, 1.54) is 0 Å². The highest BCUT2D eigenvalue weighted by atomic mass is 16.6. The SMILES string of the molecule is CC(C)(C)OC(=O)N1CCN(c2nc(CCC=O)cn(Cc3ccccc3)c2=O)CC1=O.CC(C)(C)OC(=O)N1CCN(c2nc(CCCO)cn(Cc3ccccc3)c2=O)CC1=O. The second kappa shape index (κ2) is 21.6. The molecule has 0 atom stereocenters. The van der Waals surface area contributed by atoms with Crippen LogP contribution in [0.3, 0.4) is 0 Å². The summed E-state index contributed by atoms with van der Waals surface area (Å²) in [6.45, 7) is 11.6. The Labute approximate surface area is 372 Å². The molecule has 0 bridgehead atoms. The molecule has 0 aliphatic carbocycles. The minimum absolute atomic E-state index is 0.0157. The number of anilines is 2. The molecule has 2 aromatic heterocycles. The number of imide groups is 2. The largest absolute Gasteiger partial charge is 0.443 e. The number of nitrogens with zero attached hydrogens (tertiary/aromatic N) is 8. The van der Waals surface area contributed by atoms with Gasteiger partial charge in [0.2, 0.25) is 0 Å². The van der Waals surface area contributed by atoms with Crippen molar-refractivity contribution in [3.8, 4) is 0 Å². The molecule has 2 aliphatic heterocycles. The van der Waals surface area contributed by atoms with Crippen LogP contribution in [0.5, 0.6) is 0 Å². The van der Waals surface area contributed by atoms with Crippen LogP contribution in [0.15, 0.2) is 82.6 Å². The summed E-state index contributed by atoms with van der Waals surface area (Å²) < 4.78 is 13.7. The van der Waals surface area contributed by atoms with Crippen molar-refractivity contribution in [1.82, 2.24) is 28.9 Å². The predicted octanol–water partition coefficient (Wildman–Crippen LogP) is 3.81. The van der Waals surface area contributed by atoms with Crippen LogP contribution in [0.25, 0.3) is 0 Å². The molecule has 6 rings (SSSR count). The van der Waals surface area contributed by atoms with Gasteiger partial charge >= 0.3 is 12.2 Å². The Morgan fingerprint density at radius 3 is 1.41 bits per heavy atom. The van der Waals surface area contributed by atoms with Gasteiger partial charge in [-0.1, -0.05) is 60.7 Å². The maximum absolute atomic E-state index is 13.2. The van der Waals surface area contributed by atoms with Gasteiger partial charge in [0.25, 0.3) is 22.9 Å². The second-order valence-corrected chi connectivity index (χ2v) is 17.4. The van der Waals surface area contributed by atoms with E-state index in [1.807, 2.05) is 60.7 Å². The molecular formula is C46H58N8O10. The first-order chi connectivity index (χ1) is 30.3. The van der Waals surface area contributed by atoms with E-state index in [1.54, 1.807) is 72.9 Å². The van der Waals surface area contributed by atoms with E-state index in [4.69, 9.17) is 9.47 Å². The number of amides is 4. The number of rotatable bonds is 12. The summed E-state index contributed by atoms with van der Waals surface area (Å²) >= 11 is 0. The smallest absolute Gasteiger partial charge is 0.417 e. The van der Waals surface area contributed by atoms with E-state index in [0.717, 1.165) is 27.2 Å². The van der Waals surface area contributed by atoms with Crippen LogP contribution in [0.4, 0.5) is 21.2 Å². The van der Waals surface area contributed by atoms with Crippen molar-refractivity contribution >= 4 is 41.9 Å². The lowest BCUT2D eigenvalue weighted by Gasteiger charge is -2.34. The van der Waals surface area contributed by atoms with Gasteiger partial charge in [-0.15, -0.1) is 0 Å². The number of piperazine rings is 2. The summed E-state index contributed by atoms with van der Waals surface area (Å²) in [7, 11) is 0. The van der Waals surface area contributed by atoms with E-state index in [9.17, 15) is 38.7 Å². The van der Waals surface area contributed by atoms with Crippen molar-refractivity contribution in [3.05, 3.63) is 116 Å². The monoisotopic (exact) mass is 882 g/mol. The van der Waals surface area contributed by atoms with Crippen molar-refractivity contribution in [1.29, 1.82) is 0 Å². The molecule has 2 aliphatic rings. The molecule has 2 saturated heterocycles. The first-order valence-electron chi connectivity index (χ1n) is 21.3. The van der Waals surface area contributed by atoms with Crippen molar-refractivity contribution in [2.75, 3.05) is 55.7 Å². The average molecular weight is 883 g/mol. The molecule has 4 amide bonds. The zero-order chi connectivity index (χ0) is 46.6. The third kappa shape index (κ3) is 13.7. The molecule has 342 valence electrons. The molecule has 2 aromatic carbocycles. The number of ether oxygens (including phenoxy) is 2. The fourth-order valence-electron chi connectivity index (χ4n) is 6.80. The van der Waals surface area contributed by atoms with Crippen molar-refractivity contribution in [2.24, 2.45) is 0 Å². The number of carbonyl (C=O) groups is 5. The minimum Gasteiger partial charge on any atom is -0.443 e. The highest BCUT2D eigenvalue weighted by Gasteiger charge is 2.35. The molecule has 0 radical (unpaired) electrons. The normalized spacial score (nSPS) is 14.5. The molecule has 0 saturated carbocycles. The van der Waals surface area contributed by atoms with E-state index in [2.05, 4.69) is 9.97 Å². The molecule has 2 fully saturated rings. The standard InChI is InChI=1S/C23H30N4O5.C23H28N4O5/c2*1-23(2,3)32-22(31)27-12-11-25(16-19(27)29)20-21(30)26(14-17-8-5-4-6-9-17)15-18(24-20)10-7-13-28/h4-6,8-9,15,28H,7,10-14,16H2,1-3H3;4-6,8-9,13,15H,7,10-12,14,16H2,1-3H3. The Bertz CT molecular complexity index is 2390. The summed E-state index contributed by atoms with van der Waals surface area (Å²) in [5.74, 6) is -0.586. The molecule has 64 heavy (non-hydrogen) atoms. The van der Waals surface area contributed by atoms with Gasteiger partial charge in [0, 0.05) is 51.6 Å². The third-order valence-corrected chi connectivity index (χ3v) is 9.78. The van der Waals surface area contributed by atoms with Crippen LogP contribution in [-0.4, -0.2) is 121 Å². The van der Waals surface area contributed by atoms with Crippen molar-refractivity contribution < 1.29 is 38.6 Å². The number of aryl methyl sites for hydroxylation is 2. The van der Waals surface area contributed by atoms with Crippen LogP contribution in [0, 0.1) is 0 Å². The number of aldehydes is 1. The summed E-state index contributed by atoms with van der Waals surface area (Å²) in [6, 6.07) is 19.1. The molecule has 18 heteroatoms. The average Bonchev–Trinajstić information content (AvgIpc) is 3.23. The van der Waals surface area contributed by atoms with Crippen LogP contribution >= 0.6 is 0 Å². The maximum atomic E-state index is 13.2. The first-order valence-corrected chi connectivity index (χ1v) is 21.3. The Hall–Kier alpha value is -6.69. The van der Waals surface area contributed by atoms with Gasteiger partial charge in [-0.2, -0.15) is 0 Å². The van der Waals surface area contributed by atoms with Crippen LogP contribution in [0.2, 0.25) is 0 Å². The van der Waals surface area contributed by atoms with Gasteiger partial charge < -0.3 is 38.3 Å². The fourth-order valence-corrected chi connectivity index (χ4v) is 6.80. The molecule has 0 unspecified atom stereocenters. The van der Waals surface area contributed by atoms with E-state index in [0.29, 0.717) is 43.7 Å². The van der Waals surface area contributed by atoms with Crippen LogP contribution in [0.1, 0.15) is 76.9 Å². The second-order valence-electron chi connectivity index (χ2n) is 17.4. The summed E-state index contributed by atoms with van der Waals surface area (Å²) in [4.78, 5) is 101. The lowest BCUT2D eigenvalue weighted by atomic mass is 10.2. The van der Waals surface area contributed by atoms with Crippen LogP contribution in [-0.2, 0) is 49.8 Å². The predicted molar refractivity (Wildman–Crippen MR) is 238 cm³/mol. The van der Waals surface area contributed by atoms with Gasteiger partial charge in [0.05, 0.1) is 37.6 Å². The highest BCUT2D eigenvalue weighted by molar-refractivity contribution is 5.96. The summed E-state index contributed by atoms with van der Waals surface area (Å²) in [5.41, 5.74) is 1.10. The number of aromatic nitrogens is 4. The fraction of sp³-hybridized carbons (Fsp3) is 0.457. The lowest BCUT2D eigenvalue weighted by molar-refractivity contribution is -0.131. The maximum Gasteiger partial charge on any atom is 0.417 e. The Balaban J connectivity index is 0.000000241. The minimum atomic E-state index is -0.714. The zero-order valence-corrected chi connectivity index (χ0v) is 37.4. The number of aliphatic hydroxyl groups excluding tert-OH is 1. The van der Waals surface area contributed by atoms with Gasteiger partial charge in [-0.05, 0) is 71.9 Å². The molecule has 18 nitrogen and oxygen atoms in total. The number of carbonyl (C=O) groups excluding carboxylic acids is 5. The Kier molecular flexibility index (Phi) is 16.3. The number of hydrogen-bond acceptors (Lipinski definition) is 14. The Morgan fingerprint density at radius 2 is 1.05 bits per heavy atom. The quantitative estimate of drug-likeness (QED) is 0.201. The topological polar surface area (TPSA) is 207 Å². The molecule has 0 spiro atoms. The van der Waals surface area contributed by atoms with Gasteiger partial charge in [0.15, 0.2) is 11.6 Å². The van der Waals surface area contributed by atoms with E-state index in [-0.39, 0.29) is 75.1 Å². The zero-order valence-electron chi connectivity index (χ0n) is 37.4. The first kappa shape index (κ1) is 48.3. The lowest BCUT2D eigenvalue weighted by Crippen LogP contribution is -2.55. The van der Waals surface area contributed by atoms with Crippen molar-refractivity contribution in [2.45, 2.75) is 91.5 Å². The molecule has 1 N–H and O–H groups in total. The molecule has 4 heterocycles. The summed E-state index contributed by atoms with van der Waals surface area (Å²) in [6.07, 6.45) is 4.46. The number of hydrogen-bond donors (Lipinski definition) is 1. The third-order valence-electron chi connectivity index (χ3n) is 9.78. The number of aliphatic hydroxyl groups is 1. The van der Waals surface area contributed by atoms with Gasteiger partial charge in [0.1, 0.15) is 17.5 Å². The van der Waals surface area contributed by atoms with Crippen LogP contribution < -0.4 is 20.9 Å². The van der Waals surface area contributed by atoms with Gasteiger partial charge in [-0.25, -0.2) is 29.4 Å². The Morgan fingerprint density at radius 1 is 0.641 bits per heavy atom. The van der Waals surface area contributed by atoms with Gasteiger partial charge in [-0.3, -0.25) is 19.2 Å². The van der Waals surface area contributed by atoms with E-state index < -0.39 is 35.2 Å². The highest BCUT2D eigenvalue weighted by Crippen LogP contribution is 2.18. The molecular weight excluding hydrogens is 825 g/mol.